The molecule has 1 rings (SSSR count). The summed E-state index contributed by atoms with van der Waals surface area (Å²) in [5, 5.41) is 3.94. The second-order valence-corrected chi connectivity index (χ2v) is 2.97. The Kier molecular flexibility index (Phi) is 4.04. The molecule has 0 aromatic carbocycles. The predicted octanol–water partition coefficient (Wildman–Crippen LogP) is 0.0433. The first kappa shape index (κ1) is 9.48. The largest absolute Gasteiger partial charge is 0.399 e. The number of nitrogens with zero attached hydrogens (tertiary/aromatic N) is 2. The highest BCUT2D eigenvalue weighted by molar-refractivity contribution is 5.84. The van der Waals surface area contributed by atoms with Gasteiger partial charge in [-0.1, -0.05) is 5.16 Å². The molecule has 1 aliphatic rings. The van der Waals surface area contributed by atoms with Crippen LogP contribution in [-0.2, 0) is 4.84 Å². The monoisotopic (exact) mass is 171 g/mol. The summed E-state index contributed by atoms with van der Waals surface area (Å²) in [5.41, 5.74) is 6.63. The Hall–Kier alpha value is -0.610. The molecule has 0 bridgehead atoms. The number of piperidine rings is 1. The Labute approximate surface area is 73.4 Å². The Bertz CT molecular complexity index is 148. The van der Waals surface area contributed by atoms with Gasteiger partial charge < -0.3 is 15.5 Å². The highest BCUT2D eigenvalue weighted by Gasteiger charge is 2.13. The topological polar surface area (TPSA) is 50.8 Å². The van der Waals surface area contributed by atoms with E-state index in [1.807, 2.05) is 0 Å². The molecule has 0 radical (unpaired) electrons. The second kappa shape index (κ2) is 5.11. The normalized spacial score (nSPS) is 19.3. The Balaban J connectivity index is 2.24. The number of oxime groups is 1. The minimum absolute atomic E-state index is 0.747. The quantitative estimate of drug-likeness (QED) is 0.610. The van der Waals surface area contributed by atoms with Gasteiger partial charge >= 0.3 is 0 Å². The summed E-state index contributed by atoms with van der Waals surface area (Å²) in [4.78, 5) is 7.08. The van der Waals surface area contributed by atoms with E-state index in [4.69, 9.17) is 10.6 Å². The first-order chi connectivity index (χ1) is 5.86. The molecule has 4 heteroatoms. The zero-order valence-electron chi connectivity index (χ0n) is 7.62. The highest BCUT2D eigenvalue weighted by Crippen LogP contribution is 2.06. The van der Waals surface area contributed by atoms with Crippen LogP contribution in [0, 0.1) is 0 Å². The average Bonchev–Trinajstić information content (AvgIpc) is 2.09. The number of hydrogen-bond donors (Lipinski definition) is 1. The van der Waals surface area contributed by atoms with Gasteiger partial charge in [0.05, 0.1) is 5.71 Å². The molecule has 0 aromatic rings. The van der Waals surface area contributed by atoms with Gasteiger partial charge in [-0.3, -0.25) is 0 Å². The number of hydrogen-bond acceptors (Lipinski definition) is 4. The standard InChI is InChI=1S/C8H17N3O/c1-12-10-8-2-5-11(6-3-8)7-4-9/h2-7,9H2,1H3. The average molecular weight is 171 g/mol. The lowest BCUT2D eigenvalue weighted by molar-refractivity contribution is 0.205. The first-order valence-corrected chi connectivity index (χ1v) is 4.38. The summed E-state index contributed by atoms with van der Waals surface area (Å²) in [6.07, 6.45) is 2.04. The molecule has 2 N–H and O–H groups in total. The van der Waals surface area contributed by atoms with Crippen molar-refractivity contribution in [3.05, 3.63) is 0 Å². The minimum atomic E-state index is 0.747. The molecule has 0 spiro atoms. The van der Waals surface area contributed by atoms with Crippen LogP contribution in [0.2, 0.25) is 0 Å². The van der Waals surface area contributed by atoms with Crippen LogP contribution in [0.15, 0.2) is 5.16 Å². The number of nitrogens with two attached hydrogens (primary N) is 1. The molecule has 0 unspecified atom stereocenters. The summed E-state index contributed by atoms with van der Waals surface area (Å²) < 4.78 is 0. The van der Waals surface area contributed by atoms with E-state index in [1.54, 1.807) is 7.11 Å². The van der Waals surface area contributed by atoms with E-state index in [0.717, 1.165) is 39.0 Å². The van der Waals surface area contributed by atoms with E-state index in [1.165, 1.54) is 5.71 Å². The molecular formula is C8H17N3O. The van der Waals surface area contributed by atoms with Crippen molar-refractivity contribution in [2.75, 3.05) is 33.3 Å². The van der Waals surface area contributed by atoms with Crippen molar-refractivity contribution in [2.24, 2.45) is 10.9 Å². The van der Waals surface area contributed by atoms with Gasteiger partial charge in [0.2, 0.25) is 0 Å². The van der Waals surface area contributed by atoms with Crippen molar-refractivity contribution in [3.63, 3.8) is 0 Å². The molecule has 0 atom stereocenters. The lowest BCUT2D eigenvalue weighted by atomic mass is 10.1. The van der Waals surface area contributed by atoms with Gasteiger partial charge in [-0.05, 0) is 0 Å². The van der Waals surface area contributed by atoms with Crippen LogP contribution in [0.3, 0.4) is 0 Å². The minimum Gasteiger partial charge on any atom is -0.399 e. The Morgan fingerprint density at radius 3 is 2.67 bits per heavy atom. The molecule has 70 valence electrons. The lowest BCUT2D eigenvalue weighted by Gasteiger charge is -2.26. The van der Waals surface area contributed by atoms with Gasteiger partial charge in [-0.15, -0.1) is 0 Å². The molecule has 12 heavy (non-hydrogen) atoms. The summed E-state index contributed by atoms with van der Waals surface area (Å²) in [7, 11) is 1.60. The maximum Gasteiger partial charge on any atom is 0.106 e. The van der Waals surface area contributed by atoms with E-state index < -0.39 is 0 Å². The van der Waals surface area contributed by atoms with Crippen molar-refractivity contribution in [3.8, 4) is 0 Å². The van der Waals surface area contributed by atoms with E-state index in [-0.39, 0.29) is 0 Å². The lowest BCUT2D eigenvalue weighted by Crippen LogP contribution is -2.37. The summed E-state index contributed by atoms with van der Waals surface area (Å²) in [6.45, 7) is 3.88. The van der Waals surface area contributed by atoms with Crippen LogP contribution < -0.4 is 5.73 Å². The maximum atomic E-state index is 5.46. The van der Waals surface area contributed by atoms with Crippen LogP contribution in [0.4, 0.5) is 0 Å². The van der Waals surface area contributed by atoms with Crippen LogP contribution in [0.1, 0.15) is 12.8 Å². The van der Waals surface area contributed by atoms with Crippen LogP contribution >= 0.6 is 0 Å². The smallest absolute Gasteiger partial charge is 0.106 e. The zero-order valence-corrected chi connectivity index (χ0v) is 7.62. The van der Waals surface area contributed by atoms with E-state index in [2.05, 4.69) is 10.1 Å². The third kappa shape index (κ3) is 2.79. The van der Waals surface area contributed by atoms with Crippen molar-refractivity contribution < 1.29 is 4.84 Å². The summed E-state index contributed by atoms with van der Waals surface area (Å²) in [5.74, 6) is 0. The molecule has 1 heterocycles. The Morgan fingerprint density at radius 2 is 2.17 bits per heavy atom. The molecule has 1 saturated heterocycles. The first-order valence-electron chi connectivity index (χ1n) is 4.38. The summed E-state index contributed by atoms with van der Waals surface area (Å²) >= 11 is 0. The number of likely N-dealkylation sites (tertiary alicyclic amines) is 1. The molecule has 1 aliphatic heterocycles. The van der Waals surface area contributed by atoms with Crippen LogP contribution in [0.25, 0.3) is 0 Å². The second-order valence-electron chi connectivity index (χ2n) is 2.97. The van der Waals surface area contributed by atoms with E-state index in [0.29, 0.717) is 0 Å². The molecule has 0 saturated carbocycles. The zero-order chi connectivity index (χ0) is 8.81. The molecule has 4 nitrogen and oxygen atoms in total. The van der Waals surface area contributed by atoms with Gasteiger partial charge in [-0.2, -0.15) is 0 Å². The van der Waals surface area contributed by atoms with Crippen molar-refractivity contribution in [1.82, 2.24) is 4.90 Å². The predicted molar refractivity (Wildman–Crippen MR) is 49.2 cm³/mol. The van der Waals surface area contributed by atoms with E-state index >= 15 is 0 Å². The molecule has 0 amide bonds. The fourth-order valence-electron chi connectivity index (χ4n) is 1.44. The van der Waals surface area contributed by atoms with Gasteiger partial charge in [0.25, 0.3) is 0 Å². The Morgan fingerprint density at radius 1 is 1.50 bits per heavy atom. The highest BCUT2D eigenvalue weighted by atomic mass is 16.6. The third-order valence-corrected chi connectivity index (χ3v) is 2.10. The molecule has 1 fully saturated rings. The van der Waals surface area contributed by atoms with Gasteiger partial charge in [0.1, 0.15) is 7.11 Å². The van der Waals surface area contributed by atoms with E-state index in [9.17, 15) is 0 Å². The van der Waals surface area contributed by atoms with Crippen molar-refractivity contribution in [1.29, 1.82) is 0 Å². The van der Waals surface area contributed by atoms with Gasteiger partial charge in [0.15, 0.2) is 0 Å². The molecule has 0 aromatic heterocycles. The van der Waals surface area contributed by atoms with Crippen LogP contribution in [0.5, 0.6) is 0 Å². The SMILES string of the molecule is CON=C1CCN(CCN)CC1. The van der Waals surface area contributed by atoms with Gasteiger partial charge in [-0.25, -0.2) is 0 Å². The fraction of sp³-hybridized carbons (Fsp3) is 0.875. The third-order valence-electron chi connectivity index (χ3n) is 2.10. The number of rotatable bonds is 3. The molecule has 0 aliphatic carbocycles. The molecular weight excluding hydrogens is 154 g/mol. The fourth-order valence-corrected chi connectivity index (χ4v) is 1.44. The van der Waals surface area contributed by atoms with Crippen molar-refractivity contribution in [2.45, 2.75) is 12.8 Å². The van der Waals surface area contributed by atoms with Crippen LogP contribution in [-0.4, -0.2) is 43.9 Å². The van der Waals surface area contributed by atoms with Gasteiger partial charge in [0, 0.05) is 39.0 Å². The summed E-state index contributed by atoms with van der Waals surface area (Å²) in [6, 6.07) is 0. The maximum absolute atomic E-state index is 5.46. The van der Waals surface area contributed by atoms with Crippen molar-refractivity contribution >= 4 is 5.71 Å².